The van der Waals surface area contributed by atoms with Crippen LogP contribution in [0.4, 0.5) is 5.82 Å². The summed E-state index contributed by atoms with van der Waals surface area (Å²) in [4.78, 5) is 21.3. The van der Waals surface area contributed by atoms with E-state index in [1.165, 1.54) is 0 Å². The van der Waals surface area contributed by atoms with Crippen molar-refractivity contribution in [3.05, 3.63) is 70.9 Å². The van der Waals surface area contributed by atoms with Crippen molar-refractivity contribution in [2.24, 2.45) is 5.73 Å². The Balaban J connectivity index is 1.59. The van der Waals surface area contributed by atoms with Crippen molar-refractivity contribution in [3.8, 4) is 11.5 Å². The molecule has 2 aromatic heterocycles. The third kappa shape index (κ3) is 3.73. The molecule has 8 nitrogen and oxygen atoms in total. The molecular weight excluding hydrogens is 394 g/mol. The standard InChI is InChI=1S/C23H21N5O3/c24-21(29)17-9-4-8-16-19(28-31-20(16)17)23-26-18-13-30-11-5-10-15(18)22(27-23)25-12-14-6-2-1-3-7-14/h1-4,6-9H,5,10-13H2,(H2,24,29)(H,25,26,27). The largest absolute Gasteiger partial charge is 0.375 e. The van der Waals surface area contributed by atoms with E-state index >= 15 is 0 Å². The van der Waals surface area contributed by atoms with E-state index < -0.39 is 5.91 Å². The van der Waals surface area contributed by atoms with Gasteiger partial charge >= 0.3 is 0 Å². The monoisotopic (exact) mass is 415 g/mol. The first-order valence-electron chi connectivity index (χ1n) is 10.1. The molecule has 8 heteroatoms. The molecule has 5 rings (SSSR count). The minimum atomic E-state index is -0.574. The molecule has 0 fully saturated rings. The smallest absolute Gasteiger partial charge is 0.252 e. The van der Waals surface area contributed by atoms with E-state index in [0.717, 1.165) is 35.5 Å². The number of carbonyl (C=O) groups is 1. The first-order valence-corrected chi connectivity index (χ1v) is 10.1. The number of para-hydroxylation sites is 1. The summed E-state index contributed by atoms with van der Waals surface area (Å²) in [6, 6.07) is 15.3. The van der Waals surface area contributed by atoms with Gasteiger partial charge in [-0.3, -0.25) is 4.79 Å². The summed E-state index contributed by atoms with van der Waals surface area (Å²) in [5.74, 6) is 0.603. The van der Waals surface area contributed by atoms with E-state index in [0.29, 0.717) is 42.2 Å². The highest BCUT2D eigenvalue weighted by Gasteiger charge is 2.22. The number of nitrogens with zero attached hydrogens (tertiary/aromatic N) is 3. The van der Waals surface area contributed by atoms with E-state index in [1.807, 2.05) is 24.3 Å². The first kappa shape index (κ1) is 19.2. The summed E-state index contributed by atoms with van der Waals surface area (Å²) in [5.41, 5.74) is 9.59. The molecule has 2 aromatic carbocycles. The van der Waals surface area contributed by atoms with Crippen molar-refractivity contribution in [1.82, 2.24) is 15.1 Å². The molecule has 156 valence electrons. The number of hydrogen-bond acceptors (Lipinski definition) is 7. The Hall–Kier alpha value is -3.78. The Morgan fingerprint density at radius 3 is 2.81 bits per heavy atom. The summed E-state index contributed by atoms with van der Waals surface area (Å²) >= 11 is 0. The average molecular weight is 415 g/mol. The Bertz CT molecular complexity index is 1250. The number of nitrogens with one attached hydrogen (secondary N) is 1. The maximum atomic E-state index is 11.7. The molecule has 1 amide bonds. The Labute approximate surface area is 178 Å². The number of fused-ring (bicyclic) bond motifs is 2. The molecule has 0 bridgehead atoms. The third-order valence-corrected chi connectivity index (χ3v) is 5.33. The zero-order chi connectivity index (χ0) is 21.2. The molecule has 1 aliphatic rings. The first-order chi connectivity index (χ1) is 15.2. The van der Waals surface area contributed by atoms with Crippen LogP contribution < -0.4 is 11.1 Å². The number of ether oxygens (including phenoxy) is 1. The molecule has 0 saturated carbocycles. The van der Waals surface area contributed by atoms with Gasteiger partial charge in [0.05, 0.1) is 23.3 Å². The number of aromatic nitrogens is 3. The number of primary amides is 1. The fourth-order valence-electron chi connectivity index (χ4n) is 3.78. The van der Waals surface area contributed by atoms with Gasteiger partial charge in [0.15, 0.2) is 17.1 Å². The van der Waals surface area contributed by atoms with Crippen molar-refractivity contribution in [2.75, 3.05) is 11.9 Å². The van der Waals surface area contributed by atoms with Crippen LogP contribution in [0.2, 0.25) is 0 Å². The van der Waals surface area contributed by atoms with E-state index in [2.05, 4.69) is 22.6 Å². The van der Waals surface area contributed by atoms with Gasteiger partial charge in [-0.15, -0.1) is 0 Å². The lowest BCUT2D eigenvalue weighted by Gasteiger charge is -2.14. The Morgan fingerprint density at radius 2 is 1.97 bits per heavy atom. The quantitative estimate of drug-likeness (QED) is 0.513. The zero-order valence-electron chi connectivity index (χ0n) is 16.8. The second-order valence-corrected chi connectivity index (χ2v) is 7.39. The highest BCUT2D eigenvalue weighted by molar-refractivity contribution is 6.06. The summed E-state index contributed by atoms with van der Waals surface area (Å²) in [7, 11) is 0. The minimum absolute atomic E-state index is 0.275. The van der Waals surface area contributed by atoms with Crippen molar-refractivity contribution >= 4 is 22.7 Å². The second-order valence-electron chi connectivity index (χ2n) is 7.39. The molecule has 0 radical (unpaired) electrons. The van der Waals surface area contributed by atoms with Gasteiger partial charge in [0.1, 0.15) is 5.82 Å². The number of rotatable bonds is 5. The fraction of sp³-hybridized carbons (Fsp3) is 0.217. The highest BCUT2D eigenvalue weighted by Crippen LogP contribution is 2.31. The van der Waals surface area contributed by atoms with E-state index in [9.17, 15) is 4.79 Å². The van der Waals surface area contributed by atoms with Crippen molar-refractivity contribution in [3.63, 3.8) is 0 Å². The molecule has 0 saturated heterocycles. The number of benzene rings is 2. The lowest BCUT2D eigenvalue weighted by atomic mass is 10.1. The van der Waals surface area contributed by atoms with Crippen LogP contribution in [0.5, 0.6) is 0 Å². The van der Waals surface area contributed by atoms with Gasteiger partial charge in [-0.1, -0.05) is 41.6 Å². The highest BCUT2D eigenvalue weighted by atomic mass is 16.5. The van der Waals surface area contributed by atoms with E-state index in [1.54, 1.807) is 12.1 Å². The predicted octanol–water partition coefficient (Wildman–Crippen LogP) is 3.46. The lowest BCUT2D eigenvalue weighted by Crippen LogP contribution is -2.11. The summed E-state index contributed by atoms with van der Waals surface area (Å²) in [5, 5.41) is 8.26. The maximum Gasteiger partial charge on any atom is 0.252 e. The van der Waals surface area contributed by atoms with Crippen molar-refractivity contribution in [1.29, 1.82) is 0 Å². The molecule has 0 spiro atoms. The van der Waals surface area contributed by atoms with Crippen LogP contribution in [-0.4, -0.2) is 27.6 Å². The maximum absolute atomic E-state index is 11.7. The van der Waals surface area contributed by atoms with E-state index in [-0.39, 0.29) is 5.56 Å². The van der Waals surface area contributed by atoms with Gasteiger partial charge in [-0.05, 0) is 30.5 Å². The third-order valence-electron chi connectivity index (χ3n) is 5.33. The molecule has 31 heavy (non-hydrogen) atoms. The predicted molar refractivity (Wildman–Crippen MR) is 115 cm³/mol. The molecule has 0 atom stereocenters. The zero-order valence-corrected chi connectivity index (χ0v) is 16.8. The van der Waals surface area contributed by atoms with Gasteiger partial charge in [0.2, 0.25) is 0 Å². The van der Waals surface area contributed by atoms with Gasteiger partial charge in [-0.2, -0.15) is 0 Å². The Morgan fingerprint density at radius 1 is 1.10 bits per heavy atom. The topological polar surface area (TPSA) is 116 Å². The number of hydrogen-bond donors (Lipinski definition) is 2. The number of nitrogens with two attached hydrogens (primary N) is 1. The molecule has 0 aliphatic carbocycles. The molecule has 4 aromatic rings. The van der Waals surface area contributed by atoms with E-state index in [4.69, 9.17) is 25.0 Å². The minimum Gasteiger partial charge on any atom is -0.375 e. The van der Waals surface area contributed by atoms with Crippen LogP contribution in [0.25, 0.3) is 22.5 Å². The molecular formula is C23H21N5O3. The summed E-state index contributed by atoms with van der Waals surface area (Å²) < 4.78 is 11.2. The average Bonchev–Trinajstić information content (AvgIpc) is 3.08. The lowest BCUT2D eigenvalue weighted by molar-refractivity contribution is 0.100. The summed E-state index contributed by atoms with van der Waals surface area (Å²) in [6.07, 6.45) is 1.74. The van der Waals surface area contributed by atoms with Crippen molar-refractivity contribution < 1.29 is 14.1 Å². The Kier molecular flexibility index (Phi) is 5.05. The second kappa shape index (κ2) is 8.16. The van der Waals surface area contributed by atoms with Crippen molar-refractivity contribution in [2.45, 2.75) is 26.0 Å². The molecule has 1 aliphatic heterocycles. The van der Waals surface area contributed by atoms with Crippen LogP contribution in [0.1, 0.15) is 33.6 Å². The SMILES string of the molecule is NC(=O)c1cccc2c(-c3nc4c(c(NCc5ccccc5)n3)CCCOC4)noc12. The van der Waals surface area contributed by atoms with Crippen LogP contribution >= 0.6 is 0 Å². The van der Waals surface area contributed by atoms with Crippen LogP contribution in [0.15, 0.2) is 53.1 Å². The van der Waals surface area contributed by atoms with Crippen LogP contribution in [-0.2, 0) is 24.3 Å². The van der Waals surface area contributed by atoms with Gasteiger partial charge in [-0.25, -0.2) is 9.97 Å². The summed E-state index contributed by atoms with van der Waals surface area (Å²) in [6.45, 7) is 1.72. The van der Waals surface area contributed by atoms with Gasteiger partial charge in [0.25, 0.3) is 5.91 Å². The normalized spacial score (nSPS) is 13.5. The number of anilines is 1. The van der Waals surface area contributed by atoms with Crippen LogP contribution in [0, 0.1) is 0 Å². The van der Waals surface area contributed by atoms with Gasteiger partial charge in [0, 0.05) is 18.7 Å². The van der Waals surface area contributed by atoms with Gasteiger partial charge < -0.3 is 20.3 Å². The van der Waals surface area contributed by atoms with Crippen LogP contribution in [0.3, 0.4) is 0 Å². The number of carbonyl (C=O) groups excluding carboxylic acids is 1. The number of amides is 1. The molecule has 0 unspecified atom stereocenters. The molecule has 3 N–H and O–H groups in total. The molecule has 3 heterocycles. The fourth-order valence-corrected chi connectivity index (χ4v) is 3.78.